The minimum absolute atomic E-state index is 0.220. The van der Waals surface area contributed by atoms with E-state index in [-0.39, 0.29) is 18.2 Å². The Hall–Kier alpha value is -3.46. The number of benzene rings is 1. The highest BCUT2D eigenvalue weighted by Crippen LogP contribution is 2.18. The number of esters is 1. The van der Waals surface area contributed by atoms with E-state index >= 15 is 0 Å². The number of amides is 1. The van der Waals surface area contributed by atoms with Crippen molar-refractivity contribution in [1.82, 2.24) is 9.55 Å². The van der Waals surface area contributed by atoms with E-state index < -0.39 is 17.2 Å². The Labute approximate surface area is 150 Å². The van der Waals surface area contributed by atoms with Gasteiger partial charge in [0.25, 0.3) is 11.5 Å². The van der Waals surface area contributed by atoms with Gasteiger partial charge in [-0.3, -0.25) is 19.1 Å². The monoisotopic (exact) mass is 371 g/mol. The minimum atomic E-state index is -0.693. The first kappa shape index (κ1) is 17.4. The summed E-state index contributed by atoms with van der Waals surface area (Å²) in [6.45, 7) is -0.341. The van der Waals surface area contributed by atoms with E-state index in [0.29, 0.717) is 10.6 Å². The quantitative estimate of drug-likeness (QED) is 0.521. The molecule has 26 heavy (non-hydrogen) atoms. The van der Waals surface area contributed by atoms with Gasteiger partial charge in [-0.2, -0.15) is 0 Å². The van der Waals surface area contributed by atoms with Gasteiger partial charge in [-0.05, 0) is 35.7 Å². The van der Waals surface area contributed by atoms with Crippen LogP contribution in [0.15, 0.2) is 63.6 Å². The van der Waals surface area contributed by atoms with Crippen molar-refractivity contribution in [3.8, 4) is 5.75 Å². The Bertz CT molecular complexity index is 1040. The lowest BCUT2D eigenvalue weighted by molar-refractivity contribution is -0.135. The van der Waals surface area contributed by atoms with Crippen LogP contribution >= 0.6 is 11.3 Å². The Kier molecular flexibility index (Phi) is 5.09. The maximum absolute atomic E-state index is 12.0. The van der Waals surface area contributed by atoms with E-state index in [1.807, 2.05) is 10.4 Å². The van der Waals surface area contributed by atoms with Crippen molar-refractivity contribution < 1.29 is 14.3 Å². The van der Waals surface area contributed by atoms with Crippen LogP contribution in [0.5, 0.6) is 5.75 Å². The zero-order valence-electron chi connectivity index (χ0n) is 13.3. The molecule has 0 unspecified atom stereocenters. The molecule has 0 atom stereocenters. The number of nitrogens with one attached hydrogen (secondary N) is 2. The van der Waals surface area contributed by atoms with E-state index in [1.54, 1.807) is 24.3 Å². The molecule has 0 fully saturated rings. The number of aromatic amines is 1. The SMILES string of the molecule is O=C(Cn1ccc(=O)[nH]c1=O)Oc1ccc(NC(=O)c2cccs2)cc1. The number of carbonyl (C=O) groups excluding carboxylic acids is 2. The Morgan fingerprint density at radius 1 is 1.12 bits per heavy atom. The van der Waals surface area contributed by atoms with Gasteiger partial charge in [0, 0.05) is 18.0 Å². The second-order valence-corrected chi connectivity index (χ2v) is 6.12. The molecule has 0 aliphatic carbocycles. The summed E-state index contributed by atoms with van der Waals surface area (Å²) in [5, 5.41) is 4.54. The van der Waals surface area contributed by atoms with Crippen LogP contribution in [0.1, 0.15) is 9.67 Å². The van der Waals surface area contributed by atoms with Crippen molar-refractivity contribution >= 4 is 28.9 Å². The number of nitrogens with zero attached hydrogens (tertiary/aromatic N) is 1. The summed E-state index contributed by atoms with van der Waals surface area (Å²) in [6.07, 6.45) is 1.21. The second kappa shape index (κ2) is 7.62. The molecule has 0 bridgehead atoms. The average molecular weight is 371 g/mol. The van der Waals surface area contributed by atoms with Gasteiger partial charge in [0.15, 0.2) is 0 Å². The summed E-state index contributed by atoms with van der Waals surface area (Å²) >= 11 is 1.33. The fourth-order valence-corrected chi connectivity index (χ4v) is 2.70. The van der Waals surface area contributed by atoms with Gasteiger partial charge in [0.1, 0.15) is 12.3 Å². The molecule has 0 saturated heterocycles. The molecular weight excluding hydrogens is 358 g/mol. The van der Waals surface area contributed by atoms with Crippen LogP contribution in [0.25, 0.3) is 0 Å². The van der Waals surface area contributed by atoms with Crippen LogP contribution in [0.4, 0.5) is 5.69 Å². The lowest BCUT2D eigenvalue weighted by atomic mass is 10.3. The van der Waals surface area contributed by atoms with E-state index in [2.05, 4.69) is 5.32 Å². The van der Waals surface area contributed by atoms with Gasteiger partial charge >= 0.3 is 11.7 Å². The second-order valence-electron chi connectivity index (χ2n) is 5.17. The molecule has 0 saturated carbocycles. The molecule has 132 valence electrons. The van der Waals surface area contributed by atoms with Gasteiger partial charge < -0.3 is 10.1 Å². The predicted octanol–water partition coefficient (Wildman–Crippen LogP) is 1.46. The van der Waals surface area contributed by atoms with E-state index in [9.17, 15) is 19.2 Å². The van der Waals surface area contributed by atoms with Crippen molar-refractivity contribution in [1.29, 1.82) is 0 Å². The fraction of sp³-hybridized carbons (Fsp3) is 0.0588. The first-order chi connectivity index (χ1) is 12.5. The summed E-state index contributed by atoms with van der Waals surface area (Å²) in [4.78, 5) is 49.0. The Morgan fingerprint density at radius 3 is 2.54 bits per heavy atom. The number of hydrogen-bond acceptors (Lipinski definition) is 6. The highest BCUT2D eigenvalue weighted by molar-refractivity contribution is 7.12. The summed E-state index contributed by atoms with van der Waals surface area (Å²) in [7, 11) is 0. The minimum Gasteiger partial charge on any atom is -0.425 e. The third kappa shape index (κ3) is 4.33. The smallest absolute Gasteiger partial charge is 0.331 e. The molecule has 1 aromatic carbocycles. The number of hydrogen-bond donors (Lipinski definition) is 2. The number of H-pyrrole nitrogens is 1. The van der Waals surface area contributed by atoms with Crippen LogP contribution < -0.4 is 21.3 Å². The lowest BCUT2D eigenvalue weighted by Gasteiger charge is -2.07. The maximum Gasteiger partial charge on any atom is 0.331 e. The van der Waals surface area contributed by atoms with Gasteiger partial charge in [-0.1, -0.05) is 6.07 Å². The molecule has 3 rings (SSSR count). The van der Waals surface area contributed by atoms with Gasteiger partial charge in [0.2, 0.25) is 0 Å². The van der Waals surface area contributed by atoms with Crippen LogP contribution in [-0.4, -0.2) is 21.4 Å². The highest BCUT2D eigenvalue weighted by atomic mass is 32.1. The molecule has 9 heteroatoms. The van der Waals surface area contributed by atoms with Crippen LogP contribution in [0, 0.1) is 0 Å². The first-order valence-corrected chi connectivity index (χ1v) is 8.34. The first-order valence-electron chi connectivity index (χ1n) is 7.46. The molecule has 3 aromatic rings. The number of rotatable bonds is 5. The summed E-state index contributed by atoms with van der Waals surface area (Å²) in [6, 6.07) is 10.9. The van der Waals surface area contributed by atoms with Crippen LogP contribution in [-0.2, 0) is 11.3 Å². The molecule has 0 spiro atoms. The molecule has 2 heterocycles. The van der Waals surface area contributed by atoms with Crippen molar-refractivity contribution in [2.24, 2.45) is 0 Å². The van der Waals surface area contributed by atoms with E-state index in [4.69, 9.17) is 4.74 Å². The predicted molar refractivity (Wildman–Crippen MR) is 95.7 cm³/mol. The molecule has 0 aliphatic heterocycles. The summed E-state index contributed by atoms with van der Waals surface area (Å²) in [5.74, 6) is -0.627. The fourth-order valence-electron chi connectivity index (χ4n) is 2.08. The largest absolute Gasteiger partial charge is 0.425 e. The molecule has 0 aliphatic rings. The molecule has 2 aromatic heterocycles. The molecule has 1 amide bonds. The number of ether oxygens (including phenoxy) is 1. The molecule has 2 N–H and O–H groups in total. The zero-order valence-corrected chi connectivity index (χ0v) is 14.1. The summed E-state index contributed by atoms with van der Waals surface area (Å²) in [5.41, 5.74) is -0.680. The van der Waals surface area contributed by atoms with Crippen molar-refractivity contribution in [3.63, 3.8) is 0 Å². The molecular formula is C17H13N3O5S. The topological polar surface area (TPSA) is 110 Å². The highest BCUT2D eigenvalue weighted by Gasteiger charge is 2.09. The van der Waals surface area contributed by atoms with Gasteiger partial charge in [-0.15, -0.1) is 11.3 Å². The maximum atomic E-state index is 12.0. The summed E-state index contributed by atoms with van der Waals surface area (Å²) < 4.78 is 6.16. The number of carbonyl (C=O) groups is 2. The van der Waals surface area contributed by atoms with Gasteiger partial charge in [-0.25, -0.2) is 9.59 Å². The molecule has 0 radical (unpaired) electrons. The van der Waals surface area contributed by atoms with Crippen molar-refractivity contribution in [2.45, 2.75) is 6.54 Å². The van der Waals surface area contributed by atoms with Crippen LogP contribution in [0.3, 0.4) is 0 Å². The standard InChI is InChI=1S/C17H13N3O5S/c21-14-7-8-20(17(24)19-14)10-15(22)25-12-5-3-11(4-6-12)18-16(23)13-2-1-9-26-13/h1-9H,10H2,(H,18,23)(H,19,21,24). The lowest BCUT2D eigenvalue weighted by Crippen LogP contribution is -2.32. The van der Waals surface area contributed by atoms with Crippen LogP contribution in [0.2, 0.25) is 0 Å². The van der Waals surface area contributed by atoms with Gasteiger partial charge in [0.05, 0.1) is 4.88 Å². The third-order valence-electron chi connectivity index (χ3n) is 3.29. The number of anilines is 1. The zero-order chi connectivity index (χ0) is 18.5. The molecule has 8 nitrogen and oxygen atoms in total. The Morgan fingerprint density at radius 2 is 1.88 bits per heavy atom. The van der Waals surface area contributed by atoms with Crippen molar-refractivity contribution in [2.75, 3.05) is 5.32 Å². The van der Waals surface area contributed by atoms with Crippen molar-refractivity contribution in [3.05, 3.63) is 79.8 Å². The Balaban J connectivity index is 1.60. The van der Waals surface area contributed by atoms with E-state index in [1.165, 1.54) is 29.7 Å². The number of thiophene rings is 1. The number of aromatic nitrogens is 2. The average Bonchev–Trinajstić information content (AvgIpc) is 3.14. The normalized spacial score (nSPS) is 10.3. The van der Waals surface area contributed by atoms with E-state index in [0.717, 1.165) is 10.6 Å². The third-order valence-corrected chi connectivity index (χ3v) is 4.15.